The van der Waals surface area contributed by atoms with E-state index >= 15 is 0 Å². The molecule has 0 aliphatic rings. The molecule has 2 heteroatoms. The lowest BCUT2D eigenvalue weighted by molar-refractivity contribution is 0.348. The fourth-order valence-electron chi connectivity index (χ4n) is 1.56. The second-order valence-electron chi connectivity index (χ2n) is 4.44. The number of hydrogen-bond donors (Lipinski definition) is 2. The molecule has 1 atom stereocenters. The smallest absolute Gasteiger partial charge is 0.115 e. The largest absolute Gasteiger partial charge is 0.508 e. The number of benzene rings is 1. The van der Waals surface area contributed by atoms with E-state index in [0.717, 1.165) is 11.1 Å². The first-order chi connectivity index (χ1) is 6.35. The maximum atomic E-state index is 9.30. The van der Waals surface area contributed by atoms with Crippen LogP contribution in [-0.4, -0.2) is 5.11 Å². The summed E-state index contributed by atoms with van der Waals surface area (Å²) in [5.41, 5.74) is 8.06. The summed E-state index contributed by atoms with van der Waals surface area (Å²) in [5.74, 6) is 0.663. The Balaban J connectivity index is 3.19. The van der Waals surface area contributed by atoms with E-state index in [2.05, 4.69) is 13.8 Å². The fourth-order valence-corrected chi connectivity index (χ4v) is 1.56. The lowest BCUT2D eigenvalue weighted by Gasteiger charge is -2.31. The van der Waals surface area contributed by atoms with Gasteiger partial charge in [-0.2, -0.15) is 0 Å². The van der Waals surface area contributed by atoms with Crippen molar-refractivity contribution in [1.82, 2.24) is 0 Å². The number of phenols is 1. The molecule has 0 radical (unpaired) electrons. The Kier molecular flexibility index (Phi) is 2.86. The van der Waals surface area contributed by atoms with Crippen LogP contribution in [0, 0.1) is 12.8 Å². The van der Waals surface area contributed by atoms with E-state index in [1.807, 2.05) is 19.9 Å². The number of aryl methyl sites for hydroxylation is 1. The second-order valence-corrected chi connectivity index (χ2v) is 4.44. The van der Waals surface area contributed by atoms with Crippen molar-refractivity contribution in [3.63, 3.8) is 0 Å². The van der Waals surface area contributed by atoms with Crippen LogP contribution in [0.4, 0.5) is 0 Å². The van der Waals surface area contributed by atoms with E-state index in [0.29, 0.717) is 11.7 Å². The van der Waals surface area contributed by atoms with E-state index in [1.54, 1.807) is 12.1 Å². The maximum absolute atomic E-state index is 9.30. The Labute approximate surface area is 85.8 Å². The molecule has 1 rings (SSSR count). The number of aromatic hydroxyl groups is 1. The van der Waals surface area contributed by atoms with Crippen molar-refractivity contribution in [3.05, 3.63) is 29.3 Å². The minimum Gasteiger partial charge on any atom is -0.508 e. The summed E-state index contributed by atoms with van der Waals surface area (Å²) in [6, 6.07) is 5.35. The predicted molar refractivity (Wildman–Crippen MR) is 59.2 cm³/mol. The van der Waals surface area contributed by atoms with Gasteiger partial charge in [-0.15, -0.1) is 0 Å². The topological polar surface area (TPSA) is 46.2 Å². The van der Waals surface area contributed by atoms with Gasteiger partial charge in [0, 0.05) is 5.54 Å². The molecule has 1 aromatic rings. The van der Waals surface area contributed by atoms with E-state index in [4.69, 9.17) is 5.73 Å². The van der Waals surface area contributed by atoms with E-state index in [-0.39, 0.29) is 5.54 Å². The van der Waals surface area contributed by atoms with Crippen molar-refractivity contribution in [2.24, 2.45) is 11.7 Å². The van der Waals surface area contributed by atoms with Crippen LogP contribution < -0.4 is 5.73 Å². The van der Waals surface area contributed by atoms with Gasteiger partial charge in [0.25, 0.3) is 0 Å². The highest BCUT2D eigenvalue weighted by molar-refractivity contribution is 5.38. The number of phenolic OH excluding ortho intramolecular Hbond substituents is 1. The molecule has 3 N–H and O–H groups in total. The normalized spacial score (nSPS) is 15.6. The first-order valence-corrected chi connectivity index (χ1v) is 4.94. The van der Waals surface area contributed by atoms with Crippen molar-refractivity contribution in [2.75, 3.05) is 0 Å². The predicted octanol–water partition coefficient (Wildman–Crippen LogP) is 2.53. The van der Waals surface area contributed by atoms with Gasteiger partial charge in [-0.3, -0.25) is 0 Å². The van der Waals surface area contributed by atoms with Crippen molar-refractivity contribution in [3.8, 4) is 5.75 Å². The molecule has 0 saturated heterocycles. The van der Waals surface area contributed by atoms with Gasteiger partial charge in [-0.05, 0) is 43.0 Å². The third-order valence-electron chi connectivity index (χ3n) is 2.99. The molecule has 0 saturated carbocycles. The van der Waals surface area contributed by atoms with E-state index in [1.165, 1.54) is 0 Å². The number of rotatable bonds is 2. The van der Waals surface area contributed by atoms with Crippen LogP contribution in [0.2, 0.25) is 0 Å². The fraction of sp³-hybridized carbons (Fsp3) is 0.500. The first kappa shape index (κ1) is 11.1. The summed E-state index contributed by atoms with van der Waals surface area (Å²) in [6.45, 7) is 8.21. The molecule has 0 heterocycles. The molecule has 0 spiro atoms. The maximum Gasteiger partial charge on any atom is 0.115 e. The van der Waals surface area contributed by atoms with Gasteiger partial charge in [0.15, 0.2) is 0 Å². The number of nitrogens with two attached hydrogens (primary N) is 1. The van der Waals surface area contributed by atoms with Crippen LogP contribution in [-0.2, 0) is 5.54 Å². The molecule has 0 aromatic heterocycles. The molecule has 14 heavy (non-hydrogen) atoms. The van der Waals surface area contributed by atoms with Crippen LogP contribution >= 0.6 is 0 Å². The summed E-state index contributed by atoms with van der Waals surface area (Å²) in [6.07, 6.45) is 0. The van der Waals surface area contributed by atoms with Gasteiger partial charge in [-0.1, -0.05) is 19.9 Å². The standard InChI is InChI=1S/C12H19NO/c1-8(2)12(4,13)11-6-5-10(14)7-9(11)3/h5-8,14H,13H2,1-4H3/t12-/m1/s1. The zero-order chi connectivity index (χ0) is 10.9. The zero-order valence-electron chi connectivity index (χ0n) is 9.33. The van der Waals surface area contributed by atoms with Crippen LogP contribution in [0.5, 0.6) is 5.75 Å². The lowest BCUT2D eigenvalue weighted by Crippen LogP contribution is -2.39. The van der Waals surface area contributed by atoms with Crippen LogP contribution in [0.15, 0.2) is 18.2 Å². The molecule has 2 nitrogen and oxygen atoms in total. The Bertz CT molecular complexity index is 329. The molecule has 0 aliphatic heterocycles. The van der Waals surface area contributed by atoms with Gasteiger partial charge in [-0.25, -0.2) is 0 Å². The highest BCUT2D eigenvalue weighted by Crippen LogP contribution is 2.30. The summed E-state index contributed by atoms with van der Waals surface area (Å²) in [4.78, 5) is 0. The molecule has 0 bridgehead atoms. The lowest BCUT2D eigenvalue weighted by atomic mass is 9.80. The van der Waals surface area contributed by atoms with Crippen LogP contribution in [0.1, 0.15) is 31.9 Å². The average Bonchev–Trinajstić information content (AvgIpc) is 2.02. The van der Waals surface area contributed by atoms with E-state index in [9.17, 15) is 5.11 Å². The Morgan fingerprint density at radius 2 is 1.93 bits per heavy atom. The highest BCUT2D eigenvalue weighted by Gasteiger charge is 2.26. The summed E-state index contributed by atoms with van der Waals surface area (Å²) >= 11 is 0. The Hall–Kier alpha value is -1.02. The molecular weight excluding hydrogens is 174 g/mol. The molecule has 0 amide bonds. The monoisotopic (exact) mass is 193 g/mol. The van der Waals surface area contributed by atoms with Crippen LogP contribution in [0.3, 0.4) is 0 Å². The van der Waals surface area contributed by atoms with Crippen molar-refractivity contribution >= 4 is 0 Å². The molecule has 0 aliphatic carbocycles. The minimum absolute atomic E-state index is 0.297. The van der Waals surface area contributed by atoms with Crippen LogP contribution in [0.25, 0.3) is 0 Å². The van der Waals surface area contributed by atoms with E-state index < -0.39 is 0 Å². The summed E-state index contributed by atoms with van der Waals surface area (Å²) < 4.78 is 0. The summed E-state index contributed by atoms with van der Waals surface area (Å²) in [5, 5.41) is 9.30. The van der Waals surface area contributed by atoms with Crippen molar-refractivity contribution in [2.45, 2.75) is 33.2 Å². The molecule has 78 valence electrons. The van der Waals surface area contributed by atoms with Gasteiger partial charge in [0.05, 0.1) is 0 Å². The highest BCUT2D eigenvalue weighted by atomic mass is 16.3. The van der Waals surface area contributed by atoms with Crippen molar-refractivity contribution in [1.29, 1.82) is 0 Å². The molecule has 0 fully saturated rings. The molecule has 0 unspecified atom stereocenters. The van der Waals surface area contributed by atoms with Gasteiger partial charge in [0.1, 0.15) is 5.75 Å². The summed E-state index contributed by atoms with van der Waals surface area (Å²) in [7, 11) is 0. The second kappa shape index (κ2) is 3.62. The average molecular weight is 193 g/mol. The Morgan fingerprint density at radius 1 is 1.36 bits per heavy atom. The Morgan fingerprint density at radius 3 is 2.36 bits per heavy atom. The molecular formula is C12H19NO. The van der Waals surface area contributed by atoms with Gasteiger partial charge >= 0.3 is 0 Å². The third kappa shape index (κ3) is 1.90. The minimum atomic E-state index is -0.336. The third-order valence-corrected chi connectivity index (χ3v) is 2.99. The first-order valence-electron chi connectivity index (χ1n) is 4.94. The van der Waals surface area contributed by atoms with Gasteiger partial charge in [0.2, 0.25) is 0 Å². The molecule has 1 aromatic carbocycles. The van der Waals surface area contributed by atoms with Gasteiger partial charge < -0.3 is 10.8 Å². The quantitative estimate of drug-likeness (QED) is 0.758. The van der Waals surface area contributed by atoms with Crippen molar-refractivity contribution < 1.29 is 5.11 Å². The SMILES string of the molecule is Cc1cc(O)ccc1[C@](C)(N)C(C)C. The zero-order valence-corrected chi connectivity index (χ0v) is 9.33. The number of hydrogen-bond acceptors (Lipinski definition) is 2.